The van der Waals surface area contributed by atoms with Crippen molar-refractivity contribution in [1.82, 2.24) is 15.3 Å². The van der Waals surface area contributed by atoms with Gasteiger partial charge in [0.2, 0.25) is 5.82 Å². The maximum atomic E-state index is 14.2. The van der Waals surface area contributed by atoms with Crippen molar-refractivity contribution in [3.05, 3.63) is 53.5 Å². The van der Waals surface area contributed by atoms with E-state index < -0.39 is 29.5 Å². The van der Waals surface area contributed by atoms with E-state index in [0.29, 0.717) is 5.75 Å². The Morgan fingerprint density at radius 2 is 2.08 bits per heavy atom. The number of rotatable bonds is 6. The predicted molar refractivity (Wildman–Crippen MR) is 81.7 cm³/mol. The number of aromatic nitrogens is 3. The molecule has 0 unspecified atom stereocenters. The SMILES string of the molecule is O=C(CSCc1cnoc1)c1ccc(-c2noc(C(F)(F)F)n2)cc1F. The first-order valence-corrected chi connectivity index (χ1v) is 8.20. The quantitative estimate of drug-likeness (QED) is 0.467. The summed E-state index contributed by atoms with van der Waals surface area (Å²) in [6.07, 6.45) is -1.85. The maximum absolute atomic E-state index is 14.2. The Labute approximate surface area is 147 Å². The second-order valence-electron chi connectivity index (χ2n) is 5.06. The molecule has 0 radical (unpaired) electrons. The molecular weight excluding hydrogens is 378 g/mol. The van der Waals surface area contributed by atoms with Crippen LogP contribution in [0.3, 0.4) is 0 Å². The van der Waals surface area contributed by atoms with Crippen LogP contribution in [0.25, 0.3) is 11.4 Å². The molecule has 6 nitrogen and oxygen atoms in total. The number of carbonyl (C=O) groups is 1. The Morgan fingerprint density at radius 1 is 1.27 bits per heavy atom. The molecule has 3 aromatic rings. The van der Waals surface area contributed by atoms with Gasteiger partial charge in [0.1, 0.15) is 12.1 Å². The van der Waals surface area contributed by atoms with Gasteiger partial charge in [0.05, 0.1) is 17.5 Å². The van der Waals surface area contributed by atoms with Crippen LogP contribution in [-0.2, 0) is 11.9 Å². The van der Waals surface area contributed by atoms with Crippen molar-refractivity contribution in [3.63, 3.8) is 0 Å². The molecule has 0 aliphatic heterocycles. The van der Waals surface area contributed by atoms with Gasteiger partial charge in [-0.1, -0.05) is 16.4 Å². The number of benzene rings is 1. The van der Waals surface area contributed by atoms with Gasteiger partial charge < -0.3 is 9.05 Å². The highest BCUT2D eigenvalue weighted by molar-refractivity contribution is 7.99. The molecule has 0 N–H and O–H groups in total. The molecule has 0 saturated carbocycles. The molecule has 2 aromatic heterocycles. The third-order valence-electron chi connectivity index (χ3n) is 3.18. The van der Waals surface area contributed by atoms with Crippen molar-refractivity contribution in [2.75, 3.05) is 5.75 Å². The summed E-state index contributed by atoms with van der Waals surface area (Å²) < 4.78 is 60.3. The number of nitrogens with zero attached hydrogens (tertiary/aromatic N) is 3. The van der Waals surface area contributed by atoms with Crippen molar-refractivity contribution in [1.29, 1.82) is 0 Å². The minimum absolute atomic E-state index is 0.0158. The fourth-order valence-corrected chi connectivity index (χ4v) is 2.79. The predicted octanol–water partition coefficient (Wildman–Crippen LogP) is 4.00. The van der Waals surface area contributed by atoms with Crippen molar-refractivity contribution in [2.24, 2.45) is 0 Å². The molecule has 0 atom stereocenters. The third kappa shape index (κ3) is 4.10. The zero-order valence-electron chi connectivity index (χ0n) is 12.8. The number of ketones is 1. The molecule has 26 heavy (non-hydrogen) atoms. The summed E-state index contributed by atoms with van der Waals surface area (Å²) in [4.78, 5) is 15.3. The van der Waals surface area contributed by atoms with Crippen LogP contribution >= 0.6 is 11.8 Å². The standard InChI is InChI=1S/C15H9F4N3O3S/c16-11-3-9(13-21-14(25-22-13)15(17,18)19)1-2-10(11)12(23)7-26-6-8-4-20-24-5-8/h1-5H,6-7H2. The van der Waals surface area contributed by atoms with E-state index in [2.05, 4.69) is 24.3 Å². The van der Waals surface area contributed by atoms with E-state index in [1.54, 1.807) is 0 Å². The number of thioether (sulfide) groups is 1. The number of alkyl halides is 3. The van der Waals surface area contributed by atoms with Crippen molar-refractivity contribution in [3.8, 4) is 11.4 Å². The van der Waals surface area contributed by atoms with E-state index in [1.165, 1.54) is 36.4 Å². The van der Waals surface area contributed by atoms with Crippen LogP contribution in [0.5, 0.6) is 0 Å². The van der Waals surface area contributed by atoms with Gasteiger partial charge in [-0.2, -0.15) is 18.2 Å². The first-order valence-electron chi connectivity index (χ1n) is 7.04. The normalized spacial score (nSPS) is 11.7. The van der Waals surface area contributed by atoms with E-state index in [1.807, 2.05) is 0 Å². The Morgan fingerprint density at radius 3 is 2.69 bits per heavy atom. The molecular formula is C15H9F4N3O3S. The molecule has 0 fully saturated rings. The van der Waals surface area contributed by atoms with Gasteiger partial charge in [0.15, 0.2) is 5.78 Å². The summed E-state index contributed by atoms with van der Waals surface area (Å²) in [5, 5.41) is 6.69. The smallest absolute Gasteiger partial charge is 0.364 e. The number of Topliss-reactive ketones (excluding diaryl/α,β-unsaturated/α-hetero) is 1. The van der Waals surface area contributed by atoms with Gasteiger partial charge >= 0.3 is 12.1 Å². The van der Waals surface area contributed by atoms with Gasteiger partial charge in [0.25, 0.3) is 0 Å². The maximum Gasteiger partial charge on any atom is 0.471 e. The fraction of sp³-hybridized carbons (Fsp3) is 0.200. The number of hydrogen-bond acceptors (Lipinski definition) is 7. The average Bonchev–Trinajstić information content (AvgIpc) is 3.26. The molecule has 3 rings (SSSR count). The second kappa shape index (κ2) is 7.28. The molecule has 0 spiro atoms. The number of hydrogen-bond donors (Lipinski definition) is 0. The van der Waals surface area contributed by atoms with E-state index in [0.717, 1.165) is 11.6 Å². The average molecular weight is 387 g/mol. The van der Waals surface area contributed by atoms with Crippen molar-refractivity contribution < 1.29 is 31.4 Å². The van der Waals surface area contributed by atoms with Gasteiger partial charge in [0, 0.05) is 16.9 Å². The minimum atomic E-state index is -4.79. The van der Waals surface area contributed by atoms with Gasteiger partial charge in [-0.25, -0.2) is 4.39 Å². The molecule has 2 heterocycles. The van der Waals surface area contributed by atoms with Crippen LogP contribution in [-0.4, -0.2) is 26.8 Å². The fourth-order valence-electron chi connectivity index (χ4n) is 1.97. The molecule has 11 heteroatoms. The summed E-state index contributed by atoms with van der Waals surface area (Å²) in [7, 11) is 0. The van der Waals surface area contributed by atoms with Crippen LogP contribution in [0, 0.1) is 5.82 Å². The molecule has 1 aromatic carbocycles. The molecule has 0 aliphatic rings. The summed E-state index contributed by atoms with van der Waals surface area (Å²) in [5.74, 6) is -2.80. The largest absolute Gasteiger partial charge is 0.471 e. The topological polar surface area (TPSA) is 82.0 Å². The van der Waals surface area contributed by atoms with E-state index in [9.17, 15) is 22.4 Å². The molecule has 0 amide bonds. The zero-order chi connectivity index (χ0) is 18.7. The summed E-state index contributed by atoms with van der Waals surface area (Å²) >= 11 is 1.25. The number of halogens is 4. The minimum Gasteiger partial charge on any atom is -0.364 e. The lowest BCUT2D eigenvalue weighted by molar-refractivity contribution is -0.159. The van der Waals surface area contributed by atoms with Crippen LogP contribution in [0.15, 0.2) is 39.7 Å². The summed E-state index contributed by atoms with van der Waals surface area (Å²) in [5.41, 5.74) is 0.581. The Hall–Kier alpha value is -2.69. The van der Waals surface area contributed by atoms with E-state index in [-0.39, 0.29) is 16.9 Å². The highest BCUT2D eigenvalue weighted by atomic mass is 32.2. The first-order chi connectivity index (χ1) is 12.3. The van der Waals surface area contributed by atoms with Crippen molar-refractivity contribution >= 4 is 17.5 Å². The van der Waals surface area contributed by atoms with Crippen LogP contribution in [0.1, 0.15) is 21.8 Å². The lowest BCUT2D eigenvalue weighted by Crippen LogP contribution is -2.06. The monoisotopic (exact) mass is 387 g/mol. The highest BCUT2D eigenvalue weighted by Gasteiger charge is 2.38. The Kier molecular flexibility index (Phi) is 5.07. The second-order valence-corrected chi connectivity index (χ2v) is 6.05. The van der Waals surface area contributed by atoms with Gasteiger partial charge in [-0.3, -0.25) is 4.79 Å². The van der Waals surface area contributed by atoms with Crippen molar-refractivity contribution in [2.45, 2.75) is 11.9 Å². The van der Waals surface area contributed by atoms with Crippen LogP contribution in [0.2, 0.25) is 0 Å². The summed E-state index contributed by atoms with van der Waals surface area (Å²) in [6, 6.07) is 3.32. The Balaban J connectivity index is 1.68. The third-order valence-corrected chi connectivity index (χ3v) is 4.19. The molecule has 0 bridgehead atoms. The molecule has 0 aliphatic carbocycles. The van der Waals surface area contributed by atoms with Gasteiger partial charge in [-0.05, 0) is 12.1 Å². The number of carbonyl (C=O) groups excluding carboxylic acids is 1. The van der Waals surface area contributed by atoms with E-state index >= 15 is 0 Å². The molecule has 0 saturated heterocycles. The first kappa shape index (κ1) is 18.1. The Bertz CT molecular complexity index is 909. The lowest BCUT2D eigenvalue weighted by atomic mass is 10.1. The summed E-state index contributed by atoms with van der Waals surface area (Å²) in [6.45, 7) is 0. The van der Waals surface area contributed by atoms with E-state index in [4.69, 9.17) is 0 Å². The van der Waals surface area contributed by atoms with Crippen LogP contribution < -0.4 is 0 Å². The highest BCUT2D eigenvalue weighted by Crippen LogP contribution is 2.29. The molecule has 136 valence electrons. The zero-order valence-corrected chi connectivity index (χ0v) is 13.6. The lowest BCUT2D eigenvalue weighted by Gasteiger charge is -2.04. The van der Waals surface area contributed by atoms with Crippen LogP contribution in [0.4, 0.5) is 17.6 Å². The van der Waals surface area contributed by atoms with Gasteiger partial charge in [-0.15, -0.1) is 11.8 Å².